The van der Waals surface area contributed by atoms with Gasteiger partial charge in [-0.3, -0.25) is 4.79 Å². The van der Waals surface area contributed by atoms with Crippen molar-refractivity contribution < 1.29 is 9.32 Å². The highest BCUT2D eigenvalue weighted by molar-refractivity contribution is 6.06. The van der Waals surface area contributed by atoms with Crippen molar-refractivity contribution in [2.24, 2.45) is 0 Å². The smallest absolute Gasteiger partial charge is 0.259 e. The summed E-state index contributed by atoms with van der Waals surface area (Å²) in [7, 11) is 0. The highest BCUT2D eigenvalue weighted by Gasteiger charge is 2.32. The summed E-state index contributed by atoms with van der Waals surface area (Å²) in [6, 6.07) is 2.04. The van der Waals surface area contributed by atoms with Crippen molar-refractivity contribution in [1.82, 2.24) is 20.4 Å². The van der Waals surface area contributed by atoms with Crippen LogP contribution >= 0.6 is 0 Å². The number of piperidine rings is 2. The molecule has 3 aliphatic rings. The molecule has 138 valence electrons. The predicted octanol–water partition coefficient (Wildman–Crippen LogP) is 3.19. The molecule has 0 atom stereocenters. The van der Waals surface area contributed by atoms with Crippen molar-refractivity contribution in [2.45, 2.75) is 56.8 Å². The molecule has 26 heavy (non-hydrogen) atoms. The van der Waals surface area contributed by atoms with E-state index in [4.69, 9.17) is 9.51 Å². The zero-order valence-electron chi connectivity index (χ0n) is 15.2. The summed E-state index contributed by atoms with van der Waals surface area (Å²) in [4.78, 5) is 20.1. The number of carbonyl (C=O) groups is 1. The molecule has 2 aromatic rings. The lowest BCUT2D eigenvalue weighted by Gasteiger charge is -2.27. The molecule has 1 saturated carbocycles. The van der Waals surface area contributed by atoms with Crippen LogP contribution in [0.15, 0.2) is 10.6 Å². The number of amides is 1. The van der Waals surface area contributed by atoms with Gasteiger partial charge in [0.05, 0.1) is 16.6 Å². The first-order chi connectivity index (χ1) is 12.8. The zero-order valence-corrected chi connectivity index (χ0v) is 15.2. The van der Waals surface area contributed by atoms with Gasteiger partial charge in [-0.05, 0) is 64.1 Å². The van der Waals surface area contributed by atoms with Crippen molar-refractivity contribution in [3.63, 3.8) is 0 Å². The van der Waals surface area contributed by atoms with Gasteiger partial charge < -0.3 is 14.7 Å². The molecule has 1 aliphatic carbocycles. The number of hydrogen-bond donors (Lipinski definition) is 1. The van der Waals surface area contributed by atoms with E-state index in [2.05, 4.69) is 10.5 Å². The molecule has 6 nitrogen and oxygen atoms in total. The minimum Gasteiger partial charge on any atom is -0.339 e. The van der Waals surface area contributed by atoms with E-state index in [1.54, 1.807) is 0 Å². The minimum absolute atomic E-state index is 0.136. The number of fused-ring (bicyclic) bond motifs is 1. The van der Waals surface area contributed by atoms with E-state index in [9.17, 15) is 4.79 Å². The SMILES string of the molecule is O=C(c1cc(C2CC2)nc2onc(C3CCNCC3)c12)N1CCCCC1. The summed E-state index contributed by atoms with van der Waals surface area (Å²) in [5, 5.41) is 8.66. The monoisotopic (exact) mass is 354 g/mol. The molecule has 1 N–H and O–H groups in total. The van der Waals surface area contributed by atoms with Gasteiger partial charge in [0.2, 0.25) is 0 Å². The fourth-order valence-electron chi connectivity index (χ4n) is 4.39. The fourth-order valence-corrected chi connectivity index (χ4v) is 4.39. The fraction of sp³-hybridized carbons (Fsp3) is 0.650. The Balaban J connectivity index is 1.60. The molecule has 0 spiro atoms. The number of aromatic nitrogens is 2. The largest absolute Gasteiger partial charge is 0.339 e. The summed E-state index contributed by atoms with van der Waals surface area (Å²) in [5.41, 5.74) is 3.28. The Labute approximate surface area is 153 Å². The summed E-state index contributed by atoms with van der Waals surface area (Å²) in [6.07, 6.45) is 7.79. The number of hydrogen-bond acceptors (Lipinski definition) is 5. The molecule has 2 aliphatic heterocycles. The van der Waals surface area contributed by atoms with Crippen LogP contribution in [0.3, 0.4) is 0 Å². The molecule has 1 amide bonds. The first kappa shape index (κ1) is 16.2. The van der Waals surface area contributed by atoms with Crippen LogP contribution in [0, 0.1) is 0 Å². The second kappa shape index (κ2) is 6.65. The molecular formula is C20H26N4O2. The number of pyridine rings is 1. The molecule has 4 heterocycles. The summed E-state index contributed by atoms with van der Waals surface area (Å²) in [5.74, 6) is 0.969. The lowest BCUT2D eigenvalue weighted by molar-refractivity contribution is 0.0726. The number of carbonyl (C=O) groups excluding carboxylic acids is 1. The van der Waals surface area contributed by atoms with Gasteiger partial charge >= 0.3 is 0 Å². The van der Waals surface area contributed by atoms with Crippen LogP contribution in [-0.2, 0) is 0 Å². The Kier molecular flexibility index (Phi) is 4.15. The molecule has 6 heteroatoms. The molecule has 0 unspecified atom stereocenters. The highest BCUT2D eigenvalue weighted by atomic mass is 16.5. The van der Waals surface area contributed by atoms with Crippen LogP contribution in [0.4, 0.5) is 0 Å². The topological polar surface area (TPSA) is 71.3 Å². The number of nitrogens with one attached hydrogen (secondary N) is 1. The molecule has 0 aromatic carbocycles. The average Bonchev–Trinajstić information content (AvgIpc) is 3.47. The van der Waals surface area contributed by atoms with Gasteiger partial charge in [0.15, 0.2) is 0 Å². The van der Waals surface area contributed by atoms with Gasteiger partial charge in [0, 0.05) is 30.6 Å². The van der Waals surface area contributed by atoms with Gasteiger partial charge in [-0.1, -0.05) is 5.16 Å². The molecule has 0 radical (unpaired) electrons. The first-order valence-corrected chi connectivity index (χ1v) is 10.1. The van der Waals surface area contributed by atoms with Crippen LogP contribution in [0.2, 0.25) is 0 Å². The Bertz CT molecular complexity index is 815. The first-order valence-electron chi connectivity index (χ1n) is 10.1. The van der Waals surface area contributed by atoms with E-state index in [0.29, 0.717) is 17.5 Å². The average molecular weight is 354 g/mol. The maximum atomic E-state index is 13.4. The predicted molar refractivity (Wildman–Crippen MR) is 98.4 cm³/mol. The van der Waals surface area contributed by atoms with E-state index in [-0.39, 0.29) is 5.91 Å². The quantitative estimate of drug-likeness (QED) is 0.916. The van der Waals surface area contributed by atoms with Crippen LogP contribution in [-0.4, -0.2) is 47.1 Å². The van der Waals surface area contributed by atoms with Crippen molar-refractivity contribution in [3.8, 4) is 0 Å². The van der Waals surface area contributed by atoms with Crippen LogP contribution < -0.4 is 5.32 Å². The van der Waals surface area contributed by atoms with E-state index >= 15 is 0 Å². The molecular weight excluding hydrogens is 328 g/mol. The summed E-state index contributed by atoms with van der Waals surface area (Å²) >= 11 is 0. The molecule has 2 aromatic heterocycles. The Hall–Kier alpha value is -1.95. The van der Waals surface area contributed by atoms with Crippen LogP contribution in [0.5, 0.6) is 0 Å². The van der Waals surface area contributed by atoms with Gasteiger partial charge in [0.25, 0.3) is 11.6 Å². The van der Waals surface area contributed by atoms with Crippen LogP contribution in [0.1, 0.15) is 78.5 Å². The Morgan fingerprint density at radius 3 is 2.58 bits per heavy atom. The molecule has 5 rings (SSSR count). The zero-order chi connectivity index (χ0) is 17.5. The van der Waals surface area contributed by atoms with Crippen molar-refractivity contribution >= 4 is 17.0 Å². The lowest BCUT2D eigenvalue weighted by atomic mass is 9.91. The second-order valence-corrected chi connectivity index (χ2v) is 7.99. The van der Waals surface area contributed by atoms with E-state index in [0.717, 1.165) is 87.0 Å². The minimum atomic E-state index is 0.136. The van der Waals surface area contributed by atoms with Gasteiger partial charge in [-0.15, -0.1) is 0 Å². The van der Waals surface area contributed by atoms with Gasteiger partial charge in [0.1, 0.15) is 0 Å². The Morgan fingerprint density at radius 1 is 1.08 bits per heavy atom. The van der Waals surface area contributed by atoms with E-state index < -0.39 is 0 Å². The standard InChI is InChI=1S/C20H26N4O2/c25-20(24-10-2-1-3-11-24)15-12-16(13-4-5-13)22-19-17(15)18(23-26-19)14-6-8-21-9-7-14/h12-14,21H,1-11H2. The lowest BCUT2D eigenvalue weighted by Crippen LogP contribution is -2.36. The molecule has 3 fully saturated rings. The summed E-state index contributed by atoms with van der Waals surface area (Å²) < 4.78 is 5.65. The van der Waals surface area contributed by atoms with E-state index in [1.807, 2.05) is 11.0 Å². The van der Waals surface area contributed by atoms with Gasteiger partial charge in [-0.2, -0.15) is 0 Å². The third-order valence-corrected chi connectivity index (χ3v) is 6.09. The normalized spacial score (nSPS) is 22.1. The number of rotatable bonds is 3. The van der Waals surface area contributed by atoms with E-state index in [1.165, 1.54) is 6.42 Å². The molecule has 2 saturated heterocycles. The Morgan fingerprint density at radius 2 is 1.85 bits per heavy atom. The number of nitrogens with zero attached hydrogens (tertiary/aromatic N) is 3. The second-order valence-electron chi connectivity index (χ2n) is 7.99. The maximum absolute atomic E-state index is 13.4. The maximum Gasteiger partial charge on any atom is 0.259 e. The third-order valence-electron chi connectivity index (χ3n) is 6.09. The van der Waals surface area contributed by atoms with Crippen molar-refractivity contribution in [2.75, 3.05) is 26.2 Å². The van der Waals surface area contributed by atoms with Gasteiger partial charge in [-0.25, -0.2) is 4.98 Å². The van der Waals surface area contributed by atoms with Crippen molar-refractivity contribution in [3.05, 3.63) is 23.0 Å². The molecule has 0 bridgehead atoms. The van der Waals surface area contributed by atoms with Crippen molar-refractivity contribution in [1.29, 1.82) is 0 Å². The highest BCUT2D eigenvalue weighted by Crippen LogP contribution is 2.41. The third kappa shape index (κ3) is 2.90. The summed E-state index contributed by atoms with van der Waals surface area (Å²) in [6.45, 7) is 3.69. The van der Waals surface area contributed by atoms with Crippen LogP contribution in [0.25, 0.3) is 11.1 Å². The number of likely N-dealkylation sites (tertiary alicyclic amines) is 1.